The number of carbonyl (C=O) groups is 1. The van der Waals surface area contributed by atoms with Gasteiger partial charge in [0, 0.05) is 30.7 Å². The zero-order valence-electron chi connectivity index (χ0n) is 13.7. The first-order valence-electron chi connectivity index (χ1n) is 8.79. The maximum absolute atomic E-state index is 12.3. The molecule has 2 heterocycles. The molecule has 2 aliphatic rings. The van der Waals surface area contributed by atoms with Crippen LogP contribution in [0.5, 0.6) is 0 Å². The van der Waals surface area contributed by atoms with Crippen molar-refractivity contribution in [3.63, 3.8) is 0 Å². The summed E-state index contributed by atoms with van der Waals surface area (Å²) in [6.07, 6.45) is 10.0. The lowest BCUT2D eigenvalue weighted by Crippen LogP contribution is -2.33. The molecule has 0 spiro atoms. The fourth-order valence-corrected chi connectivity index (χ4v) is 3.66. The van der Waals surface area contributed by atoms with Crippen LogP contribution in [-0.2, 0) is 6.42 Å². The van der Waals surface area contributed by atoms with Crippen molar-refractivity contribution in [2.45, 2.75) is 44.6 Å². The molecule has 1 aromatic carbocycles. The van der Waals surface area contributed by atoms with Crippen LogP contribution in [0.3, 0.4) is 0 Å². The number of anilines is 2. The van der Waals surface area contributed by atoms with Gasteiger partial charge in [0.05, 0.1) is 5.56 Å². The molecule has 1 aliphatic carbocycles. The normalized spacial score (nSPS) is 17.6. The molecule has 0 atom stereocenters. The average molecular weight is 322 g/mol. The molecule has 0 radical (unpaired) electrons. The lowest BCUT2D eigenvalue weighted by molar-refractivity contribution is 0.0937. The number of benzene rings is 1. The van der Waals surface area contributed by atoms with Crippen molar-refractivity contribution in [2.24, 2.45) is 0 Å². The number of aryl methyl sites for hydroxylation is 1. The first kappa shape index (κ1) is 15.1. The van der Waals surface area contributed by atoms with E-state index in [0.29, 0.717) is 17.6 Å². The van der Waals surface area contributed by atoms with Crippen molar-refractivity contribution in [3.05, 3.63) is 47.8 Å². The smallest absolute Gasteiger partial charge is 0.254 e. The minimum absolute atomic E-state index is 0.0625. The molecule has 0 saturated heterocycles. The van der Waals surface area contributed by atoms with Crippen LogP contribution >= 0.6 is 0 Å². The fourth-order valence-electron chi connectivity index (χ4n) is 3.66. The van der Waals surface area contributed by atoms with Gasteiger partial charge >= 0.3 is 0 Å². The zero-order valence-corrected chi connectivity index (χ0v) is 13.7. The second-order valence-corrected chi connectivity index (χ2v) is 6.61. The molecule has 1 saturated carbocycles. The molecule has 1 aromatic heterocycles. The van der Waals surface area contributed by atoms with Crippen LogP contribution in [0.4, 0.5) is 11.6 Å². The number of hydrogen-bond donors (Lipinski definition) is 1. The number of nitrogens with zero attached hydrogens (tertiary/aromatic N) is 3. The number of hydrogen-bond acceptors (Lipinski definition) is 4. The maximum atomic E-state index is 12.3. The van der Waals surface area contributed by atoms with Crippen molar-refractivity contribution in [3.8, 4) is 0 Å². The highest BCUT2D eigenvalue weighted by atomic mass is 16.1. The molecule has 0 unspecified atom stereocenters. The Balaban J connectivity index is 1.51. The quantitative estimate of drug-likeness (QED) is 0.942. The number of rotatable bonds is 3. The van der Waals surface area contributed by atoms with Gasteiger partial charge in [0.1, 0.15) is 0 Å². The van der Waals surface area contributed by atoms with Crippen LogP contribution < -0.4 is 10.2 Å². The van der Waals surface area contributed by atoms with E-state index < -0.39 is 0 Å². The minimum atomic E-state index is -0.0625. The number of para-hydroxylation sites is 1. The van der Waals surface area contributed by atoms with Gasteiger partial charge in [0.2, 0.25) is 5.95 Å². The molecule has 0 bridgehead atoms. The molecule has 5 nitrogen and oxygen atoms in total. The van der Waals surface area contributed by atoms with E-state index in [1.807, 2.05) is 6.07 Å². The fraction of sp³-hybridized carbons (Fsp3) is 0.421. The predicted octanol–water partition coefficient (Wildman–Crippen LogP) is 3.23. The zero-order chi connectivity index (χ0) is 16.4. The summed E-state index contributed by atoms with van der Waals surface area (Å²) < 4.78 is 0. The summed E-state index contributed by atoms with van der Waals surface area (Å²) in [4.78, 5) is 23.3. The summed E-state index contributed by atoms with van der Waals surface area (Å²) >= 11 is 0. The number of nitrogens with one attached hydrogen (secondary N) is 1. The van der Waals surface area contributed by atoms with Crippen molar-refractivity contribution in [1.29, 1.82) is 0 Å². The molecular formula is C19H22N4O. The summed E-state index contributed by atoms with van der Waals surface area (Å²) in [7, 11) is 0. The van der Waals surface area contributed by atoms with Gasteiger partial charge in [-0.15, -0.1) is 0 Å². The minimum Gasteiger partial charge on any atom is -0.349 e. The van der Waals surface area contributed by atoms with Gasteiger partial charge in [-0.25, -0.2) is 9.97 Å². The van der Waals surface area contributed by atoms with Gasteiger partial charge in [-0.05, 0) is 37.3 Å². The summed E-state index contributed by atoms with van der Waals surface area (Å²) in [6, 6.07) is 8.69. The van der Waals surface area contributed by atoms with Crippen molar-refractivity contribution < 1.29 is 4.79 Å². The SMILES string of the molecule is O=C(NC1CCCC1)c1cnc(N2CCCc3ccccc32)nc1. The van der Waals surface area contributed by atoms with E-state index in [0.717, 1.165) is 32.2 Å². The van der Waals surface area contributed by atoms with Gasteiger partial charge in [-0.1, -0.05) is 31.0 Å². The van der Waals surface area contributed by atoms with E-state index in [9.17, 15) is 4.79 Å². The first-order valence-corrected chi connectivity index (χ1v) is 8.79. The van der Waals surface area contributed by atoms with Crippen LogP contribution in [0.2, 0.25) is 0 Å². The van der Waals surface area contributed by atoms with E-state index >= 15 is 0 Å². The summed E-state index contributed by atoms with van der Waals surface area (Å²) in [5.41, 5.74) is 3.04. The Morgan fingerprint density at radius 2 is 1.83 bits per heavy atom. The van der Waals surface area contributed by atoms with Crippen LogP contribution in [0.25, 0.3) is 0 Å². The molecule has 5 heteroatoms. The molecule has 124 valence electrons. The Morgan fingerprint density at radius 1 is 1.08 bits per heavy atom. The number of aromatic nitrogens is 2. The predicted molar refractivity (Wildman–Crippen MR) is 93.5 cm³/mol. The summed E-state index contributed by atoms with van der Waals surface area (Å²) in [5, 5.41) is 3.08. The van der Waals surface area contributed by atoms with Crippen molar-refractivity contribution in [1.82, 2.24) is 15.3 Å². The van der Waals surface area contributed by atoms with Crippen molar-refractivity contribution in [2.75, 3.05) is 11.4 Å². The van der Waals surface area contributed by atoms with Crippen molar-refractivity contribution >= 4 is 17.5 Å². The molecule has 1 N–H and O–H groups in total. The third kappa shape index (κ3) is 2.98. The number of amides is 1. The maximum Gasteiger partial charge on any atom is 0.254 e. The molecule has 1 fully saturated rings. The Morgan fingerprint density at radius 3 is 2.62 bits per heavy atom. The van der Waals surface area contributed by atoms with Gasteiger partial charge in [-0.2, -0.15) is 0 Å². The standard InChI is InChI=1S/C19H22N4O/c24-18(22-16-8-2-3-9-16)15-12-20-19(21-13-15)23-11-5-7-14-6-1-4-10-17(14)23/h1,4,6,10,12-13,16H,2-3,5,7-9,11H2,(H,22,24). The molecular weight excluding hydrogens is 300 g/mol. The molecule has 1 aliphatic heterocycles. The highest BCUT2D eigenvalue weighted by Gasteiger charge is 2.21. The molecule has 24 heavy (non-hydrogen) atoms. The highest BCUT2D eigenvalue weighted by molar-refractivity contribution is 5.93. The second kappa shape index (κ2) is 6.59. The third-order valence-corrected chi connectivity index (χ3v) is 4.94. The Labute approximate surface area is 142 Å². The lowest BCUT2D eigenvalue weighted by Gasteiger charge is -2.29. The Hall–Kier alpha value is -2.43. The Bertz CT molecular complexity index is 722. The van der Waals surface area contributed by atoms with E-state index in [2.05, 4.69) is 38.4 Å². The first-order chi connectivity index (χ1) is 11.8. The van der Waals surface area contributed by atoms with Crippen LogP contribution in [0, 0.1) is 0 Å². The summed E-state index contributed by atoms with van der Waals surface area (Å²) in [5.74, 6) is 0.604. The van der Waals surface area contributed by atoms with E-state index in [1.54, 1.807) is 12.4 Å². The highest BCUT2D eigenvalue weighted by Crippen LogP contribution is 2.31. The van der Waals surface area contributed by atoms with Gasteiger partial charge in [-0.3, -0.25) is 4.79 Å². The second-order valence-electron chi connectivity index (χ2n) is 6.61. The number of fused-ring (bicyclic) bond motifs is 1. The van der Waals surface area contributed by atoms with Crippen LogP contribution in [0.1, 0.15) is 48.0 Å². The topological polar surface area (TPSA) is 58.1 Å². The largest absolute Gasteiger partial charge is 0.349 e. The number of carbonyl (C=O) groups excluding carboxylic acids is 1. The molecule has 2 aromatic rings. The third-order valence-electron chi connectivity index (χ3n) is 4.94. The van der Waals surface area contributed by atoms with E-state index in [4.69, 9.17) is 0 Å². The molecule has 4 rings (SSSR count). The lowest BCUT2D eigenvalue weighted by atomic mass is 10.0. The summed E-state index contributed by atoms with van der Waals surface area (Å²) in [6.45, 7) is 0.907. The van der Waals surface area contributed by atoms with Gasteiger partial charge < -0.3 is 10.2 Å². The van der Waals surface area contributed by atoms with E-state index in [-0.39, 0.29) is 5.91 Å². The Kier molecular flexibility index (Phi) is 4.15. The monoisotopic (exact) mass is 322 g/mol. The van der Waals surface area contributed by atoms with Gasteiger partial charge in [0.15, 0.2) is 0 Å². The average Bonchev–Trinajstić information content (AvgIpc) is 3.14. The molecule has 1 amide bonds. The van der Waals surface area contributed by atoms with Gasteiger partial charge in [0.25, 0.3) is 5.91 Å². The van der Waals surface area contributed by atoms with E-state index in [1.165, 1.54) is 24.1 Å². The van der Waals surface area contributed by atoms with Crippen LogP contribution in [-0.4, -0.2) is 28.5 Å². The van der Waals surface area contributed by atoms with Crippen LogP contribution in [0.15, 0.2) is 36.7 Å².